The van der Waals surface area contributed by atoms with Crippen LogP contribution in [0.15, 0.2) is 30.9 Å². The molecule has 0 aliphatic carbocycles. The van der Waals surface area contributed by atoms with Crippen LogP contribution in [0.3, 0.4) is 0 Å². The fourth-order valence-electron chi connectivity index (χ4n) is 1.65. The number of aryl methyl sites for hydroxylation is 1. The standard InChI is InChI=1S/C10H8N4/c1-14-6-13-8-5-12-7-3-2-4-11-9(7)10(8)14/h2-6H,1H3. The first-order valence-corrected chi connectivity index (χ1v) is 4.37. The van der Waals surface area contributed by atoms with E-state index in [1.807, 2.05) is 23.7 Å². The largest absolute Gasteiger partial charge is 0.332 e. The highest BCUT2D eigenvalue weighted by Crippen LogP contribution is 2.19. The molecule has 0 saturated heterocycles. The molecule has 0 amide bonds. The lowest BCUT2D eigenvalue weighted by Crippen LogP contribution is -1.89. The third-order valence-electron chi connectivity index (χ3n) is 2.30. The topological polar surface area (TPSA) is 43.6 Å². The Morgan fingerprint density at radius 3 is 3.00 bits per heavy atom. The Morgan fingerprint density at radius 1 is 1.14 bits per heavy atom. The average molecular weight is 184 g/mol. The van der Waals surface area contributed by atoms with E-state index in [2.05, 4.69) is 15.0 Å². The number of imidazole rings is 1. The first kappa shape index (κ1) is 7.44. The van der Waals surface area contributed by atoms with Crippen LogP contribution in [0, 0.1) is 0 Å². The van der Waals surface area contributed by atoms with Crippen molar-refractivity contribution in [1.29, 1.82) is 0 Å². The second kappa shape index (κ2) is 2.51. The minimum absolute atomic E-state index is 0.888. The highest BCUT2D eigenvalue weighted by atomic mass is 15.0. The van der Waals surface area contributed by atoms with E-state index in [0.717, 1.165) is 22.1 Å². The third kappa shape index (κ3) is 0.849. The summed E-state index contributed by atoms with van der Waals surface area (Å²) in [5.74, 6) is 0. The SMILES string of the molecule is Cn1cnc2cnc3cccnc3c21. The Balaban J connectivity index is 2.65. The summed E-state index contributed by atoms with van der Waals surface area (Å²) in [4.78, 5) is 12.8. The predicted octanol–water partition coefficient (Wildman–Crippen LogP) is 1.52. The Hall–Kier alpha value is -1.97. The normalized spacial score (nSPS) is 11.2. The van der Waals surface area contributed by atoms with Gasteiger partial charge in [0, 0.05) is 13.2 Å². The molecular weight excluding hydrogens is 176 g/mol. The molecule has 0 atom stereocenters. The van der Waals surface area contributed by atoms with Gasteiger partial charge in [0.1, 0.15) is 11.0 Å². The minimum atomic E-state index is 0.888. The van der Waals surface area contributed by atoms with E-state index < -0.39 is 0 Å². The van der Waals surface area contributed by atoms with E-state index in [-0.39, 0.29) is 0 Å². The number of hydrogen-bond acceptors (Lipinski definition) is 3. The molecule has 0 aromatic carbocycles. The maximum absolute atomic E-state index is 4.32. The van der Waals surface area contributed by atoms with Crippen molar-refractivity contribution in [3.8, 4) is 0 Å². The number of hydrogen-bond donors (Lipinski definition) is 0. The van der Waals surface area contributed by atoms with E-state index in [4.69, 9.17) is 0 Å². The molecule has 0 spiro atoms. The molecule has 0 radical (unpaired) electrons. The van der Waals surface area contributed by atoms with Crippen molar-refractivity contribution in [1.82, 2.24) is 19.5 Å². The van der Waals surface area contributed by atoms with Crippen LogP contribution < -0.4 is 0 Å². The summed E-state index contributed by atoms with van der Waals surface area (Å²) >= 11 is 0. The molecule has 14 heavy (non-hydrogen) atoms. The summed E-state index contributed by atoms with van der Waals surface area (Å²) in [6, 6.07) is 3.84. The number of nitrogens with zero attached hydrogens (tertiary/aromatic N) is 4. The third-order valence-corrected chi connectivity index (χ3v) is 2.30. The van der Waals surface area contributed by atoms with E-state index in [1.54, 1.807) is 18.7 Å². The van der Waals surface area contributed by atoms with Crippen LogP contribution >= 0.6 is 0 Å². The first-order valence-electron chi connectivity index (χ1n) is 4.37. The van der Waals surface area contributed by atoms with Gasteiger partial charge in [0.05, 0.1) is 23.6 Å². The van der Waals surface area contributed by atoms with Gasteiger partial charge in [-0.1, -0.05) is 0 Å². The van der Waals surface area contributed by atoms with Crippen molar-refractivity contribution in [2.24, 2.45) is 7.05 Å². The fraction of sp³-hybridized carbons (Fsp3) is 0.100. The van der Waals surface area contributed by atoms with Crippen molar-refractivity contribution in [3.05, 3.63) is 30.9 Å². The lowest BCUT2D eigenvalue weighted by Gasteiger charge is -1.98. The van der Waals surface area contributed by atoms with Crippen LogP contribution in [-0.2, 0) is 7.05 Å². The zero-order valence-electron chi connectivity index (χ0n) is 7.68. The van der Waals surface area contributed by atoms with Crippen molar-refractivity contribution in [3.63, 3.8) is 0 Å². The molecule has 3 heterocycles. The number of fused-ring (bicyclic) bond motifs is 3. The highest BCUT2D eigenvalue weighted by Gasteiger charge is 2.05. The average Bonchev–Trinajstić information content (AvgIpc) is 2.61. The van der Waals surface area contributed by atoms with Gasteiger partial charge in [-0.3, -0.25) is 9.97 Å². The van der Waals surface area contributed by atoms with Gasteiger partial charge >= 0.3 is 0 Å². The van der Waals surface area contributed by atoms with E-state index >= 15 is 0 Å². The van der Waals surface area contributed by atoms with Crippen LogP contribution in [0.25, 0.3) is 22.1 Å². The van der Waals surface area contributed by atoms with Gasteiger partial charge in [-0.2, -0.15) is 0 Å². The lowest BCUT2D eigenvalue weighted by atomic mass is 10.3. The van der Waals surface area contributed by atoms with Crippen molar-refractivity contribution in [2.75, 3.05) is 0 Å². The number of rotatable bonds is 0. The van der Waals surface area contributed by atoms with Gasteiger partial charge in [-0.15, -0.1) is 0 Å². The molecule has 0 aliphatic rings. The number of aromatic nitrogens is 4. The van der Waals surface area contributed by atoms with Crippen LogP contribution in [0.4, 0.5) is 0 Å². The Kier molecular flexibility index (Phi) is 1.33. The van der Waals surface area contributed by atoms with Gasteiger partial charge in [-0.05, 0) is 12.1 Å². The molecule has 3 aromatic heterocycles. The van der Waals surface area contributed by atoms with Crippen molar-refractivity contribution in [2.45, 2.75) is 0 Å². The molecule has 0 bridgehead atoms. The van der Waals surface area contributed by atoms with E-state index in [0.29, 0.717) is 0 Å². The molecule has 3 rings (SSSR count). The second-order valence-corrected chi connectivity index (χ2v) is 3.22. The molecular formula is C10H8N4. The zero-order chi connectivity index (χ0) is 9.54. The quantitative estimate of drug-likeness (QED) is 0.532. The van der Waals surface area contributed by atoms with Gasteiger partial charge in [-0.25, -0.2) is 4.98 Å². The van der Waals surface area contributed by atoms with Crippen LogP contribution in [-0.4, -0.2) is 19.5 Å². The Morgan fingerprint density at radius 2 is 2.07 bits per heavy atom. The molecule has 0 N–H and O–H groups in total. The molecule has 0 saturated carbocycles. The Labute approximate surface area is 80.2 Å². The van der Waals surface area contributed by atoms with Crippen LogP contribution in [0.5, 0.6) is 0 Å². The fourth-order valence-corrected chi connectivity index (χ4v) is 1.65. The minimum Gasteiger partial charge on any atom is -0.332 e. The molecule has 3 aromatic rings. The molecule has 4 nitrogen and oxygen atoms in total. The lowest BCUT2D eigenvalue weighted by molar-refractivity contribution is 0.949. The van der Waals surface area contributed by atoms with Crippen LogP contribution in [0.2, 0.25) is 0 Å². The van der Waals surface area contributed by atoms with Gasteiger partial charge < -0.3 is 4.57 Å². The summed E-state index contributed by atoms with van der Waals surface area (Å²) in [5.41, 5.74) is 3.74. The maximum Gasteiger partial charge on any atom is 0.115 e. The molecule has 68 valence electrons. The maximum atomic E-state index is 4.32. The summed E-state index contributed by atoms with van der Waals surface area (Å²) in [7, 11) is 1.96. The van der Waals surface area contributed by atoms with Crippen LogP contribution in [0.1, 0.15) is 0 Å². The summed E-state index contributed by atoms with van der Waals surface area (Å²) in [6.07, 6.45) is 5.33. The van der Waals surface area contributed by atoms with Gasteiger partial charge in [0.2, 0.25) is 0 Å². The summed E-state index contributed by atoms with van der Waals surface area (Å²) in [5, 5.41) is 0. The molecule has 0 fully saturated rings. The molecule has 0 aliphatic heterocycles. The number of pyridine rings is 2. The first-order chi connectivity index (χ1) is 6.86. The Bertz CT molecular complexity index is 612. The van der Waals surface area contributed by atoms with Gasteiger partial charge in [0.25, 0.3) is 0 Å². The van der Waals surface area contributed by atoms with Crippen molar-refractivity contribution < 1.29 is 0 Å². The summed E-state index contributed by atoms with van der Waals surface area (Å²) < 4.78 is 1.96. The van der Waals surface area contributed by atoms with E-state index in [1.165, 1.54) is 0 Å². The second-order valence-electron chi connectivity index (χ2n) is 3.22. The van der Waals surface area contributed by atoms with Gasteiger partial charge in [0.15, 0.2) is 0 Å². The predicted molar refractivity (Wildman–Crippen MR) is 53.8 cm³/mol. The zero-order valence-corrected chi connectivity index (χ0v) is 7.68. The molecule has 0 unspecified atom stereocenters. The van der Waals surface area contributed by atoms with E-state index in [9.17, 15) is 0 Å². The highest BCUT2D eigenvalue weighted by molar-refractivity contribution is 5.98. The molecule has 4 heteroatoms. The van der Waals surface area contributed by atoms with Crippen molar-refractivity contribution >= 4 is 22.1 Å². The monoisotopic (exact) mass is 184 g/mol. The smallest absolute Gasteiger partial charge is 0.115 e. The summed E-state index contributed by atoms with van der Waals surface area (Å²) in [6.45, 7) is 0.